The first kappa shape index (κ1) is 14.5. The summed E-state index contributed by atoms with van der Waals surface area (Å²) in [6, 6.07) is 14.2. The monoisotopic (exact) mass is 380 g/mol. The number of rotatable bonds is 4. The van der Waals surface area contributed by atoms with Crippen LogP contribution in [0, 0.1) is 3.57 Å². The molecule has 2 aromatic rings. The van der Waals surface area contributed by atoms with Crippen LogP contribution in [0.5, 0.6) is 0 Å². The van der Waals surface area contributed by atoms with Gasteiger partial charge in [0.05, 0.1) is 0 Å². The summed E-state index contributed by atoms with van der Waals surface area (Å²) in [5.41, 5.74) is 7.10. The second kappa shape index (κ2) is 6.51. The maximum absolute atomic E-state index is 12.0. The second-order valence-corrected chi connectivity index (χ2v) is 5.50. The normalized spacial score (nSPS) is 10.1. The molecule has 0 fully saturated rings. The Labute approximate surface area is 130 Å². The van der Waals surface area contributed by atoms with Crippen molar-refractivity contribution in [2.45, 2.75) is 6.54 Å². The fourth-order valence-electron chi connectivity index (χ4n) is 1.75. The van der Waals surface area contributed by atoms with E-state index in [1.807, 2.05) is 24.3 Å². The van der Waals surface area contributed by atoms with E-state index in [9.17, 15) is 9.59 Å². The van der Waals surface area contributed by atoms with Gasteiger partial charge in [0, 0.05) is 21.2 Å². The van der Waals surface area contributed by atoms with Crippen LogP contribution in [0.15, 0.2) is 48.5 Å². The van der Waals surface area contributed by atoms with Gasteiger partial charge in [0.25, 0.3) is 5.91 Å². The summed E-state index contributed by atoms with van der Waals surface area (Å²) in [6.45, 7) is 0.353. The van der Waals surface area contributed by atoms with Crippen molar-refractivity contribution in [2.75, 3.05) is 0 Å². The fourth-order valence-corrected chi connectivity index (χ4v) is 2.29. The predicted octanol–water partition coefficient (Wildman–Crippen LogP) is 2.32. The first-order valence-electron chi connectivity index (χ1n) is 5.99. The first-order valence-corrected chi connectivity index (χ1v) is 7.06. The van der Waals surface area contributed by atoms with Gasteiger partial charge in [0.1, 0.15) is 0 Å². The topological polar surface area (TPSA) is 72.2 Å². The van der Waals surface area contributed by atoms with Crippen molar-refractivity contribution in [1.82, 2.24) is 5.32 Å². The molecule has 2 aromatic carbocycles. The van der Waals surface area contributed by atoms with Crippen molar-refractivity contribution in [3.05, 3.63) is 68.8 Å². The summed E-state index contributed by atoms with van der Waals surface area (Å²) < 4.78 is 1.01. The third-order valence-electron chi connectivity index (χ3n) is 2.75. The highest BCUT2D eigenvalue weighted by Crippen LogP contribution is 2.09. The number of carbonyl (C=O) groups excluding carboxylic acids is 2. The smallest absolute Gasteiger partial charge is 0.251 e. The number of amides is 2. The first-order chi connectivity index (χ1) is 9.56. The zero-order valence-electron chi connectivity index (χ0n) is 10.6. The van der Waals surface area contributed by atoms with Crippen LogP contribution in [0.25, 0.3) is 0 Å². The van der Waals surface area contributed by atoms with Crippen LogP contribution in [-0.2, 0) is 6.54 Å². The molecule has 0 saturated heterocycles. The molecule has 0 radical (unpaired) electrons. The highest BCUT2D eigenvalue weighted by molar-refractivity contribution is 14.1. The molecule has 0 aliphatic carbocycles. The van der Waals surface area contributed by atoms with Crippen LogP contribution >= 0.6 is 22.6 Å². The third-order valence-corrected chi connectivity index (χ3v) is 3.42. The summed E-state index contributed by atoms with van der Waals surface area (Å²) in [5, 5.41) is 2.81. The number of benzene rings is 2. The molecule has 20 heavy (non-hydrogen) atoms. The SMILES string of the molecule is NC(=O)c1cccc(CNC(=O)c2cccc(I)c2)c1. The Hall–Kier alpha value is -1.89. The summed E-state index contributed by atoms with van der Waals surface area (Å²) >= 11 is 2.16. The molecule has 5 heteroatoms. The molecular formula is C15H13IN2O2. The number of hydrogen-bond acceptors (Lipinski definition) is 2. The van der Waals surface area contributed by atoms with Gasteiger partial charge in [0.15, 0.2) is 0 Å². The predicted molar refractivity (Wildman–Crippen MR) is 85.3 cm³/mol. The minimum Gasteiger partial charge on any atom is -0.366 e. The lowest BCUT2D eigenvalue weighted by Crippen LogP contribution is -2.23. The Morgan fingerprint density at radius 3 is 2.45 bits per heavy atom. The van der Waals surface area contributed by atoms with Gasteiger partial charge in [0.2, 0.25) is 5.91 Å². The van der Waals surface area contributed by atoms with Crippen molar-refractivity contribution in [1.29, 1.82) is 0 Å². The van der Waals surface area contributed by atoms with Crippen molar-refractivity contribution in [3.63, 3.8) is 0 Å². The molecule has 0 atom stereocenters. The van der Waals surface area contributed by atoms with Crippen LogP contribution < -0.4 is 11.1 Å². The molecular weight excluding hydrogens is 367 g/mol. The van der Waals surface area contributed by atoms with E-state index in [1.54, 1.807) is 24.3 Å². The zero-order valence-corrected chi connectivity index (χ0v) is 12.8. The van der Waals surface area contributed by atoms with Gasteiger partial charge in [-0.1, -0.05) is 18.2 Å². The Morgan fingerprint density at radius 2 is 1.75 bits per heavy atom. The van der Waals surface area contributed by atoms with Crippen molar-refractivity contribution in [2.24, 2.45) is 5.73 Å². The summed E-state index contributed by atoms with van der Waals surface area (Å²) in [7, 11) is 0. The molecule has 0 unspecified atom stereocenters. The van der Waals surface area contributed by atoms with E-state index in [0.29, 0.717) is 17.7 Å². The Bertz CT molecular complexity index is 656. The van der Waals surface area contributed by atoms with Gasteiger partial charge in [-0.15, -0.1) is 0 Å². The zero-order chi connectivity index (χ0) is 14.5. The van der Waals surface area contributed by atoms with Gasteiger partial charge in [-0.2, -0.15) is 0 Å². The van der Waals surface area contributed by atoms with Gasteiger partial charge in [-0.3, -0.25) is 9.59 Å². The summed E-state index contributed by atoms with van der Waals surface area (Å²) in [6.07, 6.45) is 0. The van der Waals surface area contributed by atoms with Crippen LogP contribution in [0.1, 0.15) is 26.3 Å². The van der Waals surface area contributed by atoms with Crippen molar-refractivity contribution in [3.8, 4) is 0 Å². The van der Waals surface area contributed by atoms with Crippen molar-refractivity contribution < 1.29 is 9.59 Å². The molecule has 2 rings (SSSR count). The van der Waals surface area contributed by atoms with E-state index in [-0.39, 0.29) is 5.91 Å². The maximum atomic E-state index is 12.0. The fraction of sp³-hybridized carbons (Fsp3) is 0.0667. The average Bonchev–Trinajstić information content (AvgIpc) is 2.45. The molecule has 0 heterocycles. The molecule has 0 aliphatic rings. The molecule has 0 aromatic heterocycles. The third kappa shape index (κ3) is 3.80. The van der Waals surface area contributed by atoms with Crippen LogP contribution in [0.4, 0.5) is 0 Å². The number of halogens is 1. The van der Waals surface area contributed by atoms with Gasteiger partial charge < -0.3 is 11.1 Å². The van der Waals surface area contributed by atoms with Gasteiger partial charge in [-0.25, -0.2) is 0 Å². The highest BCUT2D eigenvalue weighted by atomic mass is 127. The van der Waals surface area contributed by atoms with E-state index in [2.05, 4.69) is 27.9 Å². The summed E-state index contributed by atoms with van der Waals surface area (Å²) in [4.78, 5) is 23.1. The standard InChI is InChI=1S/C15H13IN2O2/c16-13-6-2-5-12(8-13)15(20)18-9-10-3-1-4-11(7-10)14(17)19/h1-8H,9H2,(H2,17,19)(H,18,20). The van der Waals surface area contributed by atoms with Crippen molar-refractivity contribution >= 4 is 34.4 Å². The Balaban J connectivity index is 2.03. The lowest BCUT2D eigenvalue weighted by atomic mass is 10.1. The molecule has 0 saturated carbocycles. The van der Waals surface area contributed by atoms with Gasteiger partial charge >= 0.3 is 0 Å². The summed E-state index contributed by atoms with van der Waals surface area (Å²) in [5.74, 6) is -0.621. The van der Waals surface area contributed by atoms with E-state index < -0.39 is 5.91 Å². The second-order valence-electron chi connectivity index (χ2n) is 4.26. The number of carbonyl (C=O) groups is 2. The number of nitrogens with two attached hydrogens (primary N) is 1. The largest absolute Gasteiger partial charge is 0.366 e. The van der Waals surface area contributed by atoms with Crippen LogP contribution in [0.3, 0.4) is 0 Å². The van der Waals surface area contributed by atoms with Crippen LogP contribution in [-0.4, -0.2) is 11.8 Å². The minimum atomic E-state index is -0.476. The quantitative estimate of drug-likeness (QED) is 0.800. The highest BCUT2D eigenvalue weighted by Gasteiger charge is 2.06. The van der Waals surface area contributed by atoms with E-state index in [0.717, 1.165) is 9.13 Å². The average molecular weight is 380 g/mol. The molecule has 102 valence electrons. The lowest BCUT2D eigenvalue weighted by Gasteiger charge is -2.06. The van der Waals surface area contributed by atoms with E-state index in [4.69, 9.17) is 5.73 Å². The molecule has 0 aliphatic heterocycles. The lowest BCUT2D eigenvalue weighted by molar-refractivity contribution is 0.0950. The number of nitrogens with one attached hydrogen (secondary N) is 1. The number of hydrogen-bond donors (Lipinski definition) is 2. The van der Waals surface area contributed by atoms with Gasteiger partial charge in [-0.05, 0) is 58.5 Å². The minimum absolute atomic E-state index is 0.145. The molecule has 0 bridgehead atoms. The Kier molecular flexibility index (Phi) is 4.73. The molecule has 3 N–H and O–H groups in total. The molecule has 0 spiro atoms. The molecule has 2 amide bonds. The van der Waals surface area contributed by atoms with Crippen LogP contribution in [0.2, 0.25) is 0 Å². The Morgan fingerprint density at radius 1 is 1.05 bits per heavy atom. The molecule has 4 nitrogen and oxygen atoms in total. The number of primary amides is 1. The maximum Gasteiger partial charge on any atom is 0.251 e. The van der Waals surface area contributed by atoms with E-state index in [1.165, 1.54) is 0 Å². The van der Waals surface area contributed by atoms with E-state index >= 15 is 0 Å².